The molecule has 16 heavy (non-hydrogen) atoms. The van der Waals surface area contributed by atoms with E-state index in [-0.39, 0.29) is 0 Å². The molecule has 1 aliphatic rings. The van der Waals surface area contributed by atoms with Crippen molar-refractivity contribution in [2.24, 2.45) is 0 Å². The summed E-state index contributed by atoms with van der Waals surface area (Å²) in [5.41, 5.74) is 2.17. The first-order valence-corrected chi connectivity index (χ1v) is 5.81. The third kappa shape index (κ3) is 2.54. The molecule has 0 bridgehead atoms. The monoisotopic (exact) mass is 221 g/mol. The second-order valence-corrected chi connectivity index (χ2v) is 4.39. The first kappa shape index (κ1) is 11.4. The molecule has 1 unspecified atom stereocenters. The lowest BCUT2D eigenvalue weighted by molar-refractivity contribution is 0.0532. The van der Waals surface area contributed by atoms with Gasteiger partial charge < -0.3 is 14.7 Å². The van der Waals surface area contributed by atoms with E-state index in [1.807, 2.05) is 12.1 Å². The van der Waals surface area contributed by atoms with Crippen molar-refractivity contribution in [1.82, 2.24) is 0 Å². The Morgan fingerprint density at radius 1 is 1.38 bits per heavy atom. The van der Waals surface area contributed by atoms with E-state index in [1.165, 1.54) is 5.69 Å². The molecular formula is C13H19NO2. The minimum absolute atomic E-state index is 0.296. The average Bonchev–Trinajstić information content (AvgIpc) is 2.29. The Kier molecular flexibility index (Phi) is 3.46. The van der Waals surface area contributed by atoms with E-state index in [9.17, 15) is 5.11 Å². The maximum absolute atomic E-state index is 9.43. The summed E-state index contributed by atoms with van der Waals surface area (Å²) in [6.07, 6.45) is -0.0946. The van der Waals surface area contributed by atoms with Gasteiger partial charge in [-0.15, -0.1) is 0 Å². The summed E-state index contributed by atoms with van der Waals surface area (Å²) in [4.78, 5) is 2.32. The number of nitrogens with zero attached hydrogens (tertiary/aromatic N) is 1. The molecule has 2 rings (SSSR count). The van der Waals surface area contributed by atoms with Crippen LogP contribution in [0.3, 0.4) is 0 Å². The lowest BCUT2D eigenvalue weighted by atomic mass is 10.1. The van der Waals surface area contributed by atoms with Crippen molar-refractivity contribution in [3.05, 3.63) is 29.8 Å². The molecule has 0 aliphatic carbocycles. The molecule has 1 aromatic rings. The van der Waals surface area contributed by atoms with Crippen LogP contribution in [0.4, 0.5) is 5.69 Å². The van der Waals surface area contributed by atoms with Crippen molar-refractivity contribution in [2.75, 3.05) is 24.6 Å². The Bertz CT molecular complexity index is 334. The lowest BCUT2D eigenvalue weighted by Crippen LogP contribution is -2.41. The van der Waals surface area contributed by atoms with Crippen LogP contribution in [0.5, 0.6) is 0 Å². The first-order valence-electron chi connectivity index (χ1n) is 5.81. The molecule has 1 N–H and O–H groups in total. The smallest absolute Gasteiger partial charge is 0.0761 e. The largest absolute Gasteiger partial charge is 0.389 e. The molecule has 0 spiro atoms. The molecular weight excluding hydrogens is 202 g/mol. The number of anilines is 1. The van der Waals surface area contributed by atoms with Crippen LogP contribution >= 0.6 is 0 Å². The maximum atomic E-state index is 9.43. The Hall–Kier alpha value is -1.06. The van der Waals surface area contributed by atoms with Crippen molar-refractivity contribution in [3.8, 4) is 0 Å². The molecule has 0 amide bonds. The predicted molar refractivity (Wildman–Crippen MR) is 64.7 cm³/mol. The Morgan fingerprint density at radius 2 is 2.06 bits per heavy atom. The summed E-state index contributed by atoms with van der Waals surface area (Å²) in [6.45, 7) is 6.55. The molecule has 1 aromatic carbocycles. The van der Waals surface area contributed by atoms with Gasteiger partial charge in [-0.1, -0.05) is 12.1 Å². The fraction of sp³-hybridized carbons (Fsp3) is 0.538. The highest BCUT2D eigenvalue weighted by Gasteiger charge is 2.16. The van der Waals surface area contributed by atoms with Crippen LogP contribution in [-0.2, 0) is 4.74 Å². The fourth-order valence-electron chi connectivity index (χ4n) is 2.02. The number of aliphatic hydroxyl groups excluding tert-OH is 1. The van der Waals surface area contributed by atoms with Crippen LogP contribution in [0.15, 0.2) is 24.3 Å². The molecule has 0 saturated carbocycles. The summed E-state index contributed by atoms with van der Waals surface area (Å²) >= 11 is 0. The maximum Gasteiger partial charge on any atom is 0.0761 e. The highest BCUT2D eigenvalue weighted by atomic mass is 16.5. The zero-order chi connectivity index (χ0) is 11.5. The second-order valence-electron chi connectivity index (χ2n) is 4.39. The topological polar surface area (TPSA) is 32.7 Å². The quantitative estimate of drug-likeness (QED) is 0.828. The molecule has 88 valence electrons. The predicted octanol–water partition coefficient (Wildman–Crippen LogP) is 1.97. The molecule has 1 saturated heterocycles. The van der Waals surface area contributed by atoms with Crippen molar-refractivity contribution >= 4 is 5.69 Å². The van der Waals surface area contributed by atoms with Crippen LogP contribution in [0.25, 0.3) is 0 Å². The van der Waals surface area contributed by atoms with Crippen LogP contribution in [-0.4, -0.2) is 30.9 Å². The third-order valence-electron chi connectivity index (χ3n) is 2.98. The van der Waals surface area contributed by atoms with Crippen molar-refractivity contribution in [2.45, 2.75) is 26.1 Å². The molecule has 3 heteroatoms. The summed E-state index contributed by atoms with van der Waals surface area (Å²) in [6, 6.07) is 8.11. The highest BCUT2D eigenvalue weighted by Crippen LogP contribution is 2.20. The zero-order valence-corrected chi connectivity index (χ0v) is 9.89. The Morgan fingerprint density at radius 3 is 2.62 bits per heavy atom. The van der Waals surface area contributed by atoms with E-state index < -0.39 is 6.10 Å². The summed E-state index contributed by atoms with van der Waals surface area (Å²) < 4.78 is 5.51. The highest BCUT2D eigenvalue weighted by molar-refractivity contribution is 5.48. The molecule has 1 fully saturated rings. The van der Waals surface area contributed by atoms with Crippen LogP contribution < -0.4 is 4.90 Å². The van der Waals surface area contributed by atoms with Crippen LogP contribution in [0, 0.1) is 0 Å². The number of hydrogen-bond acceptors (Lipinski definition) is 3. The molecule has 1 aliphatic heterocycles. The fourth-order valence-corrected chi connectivity index (χ4v) is 2.02. The Balaban J connectivity index is 2.09. The average molecular weight is 221 g/mol. The first-order chi connectivity index (χ1) is 7.66. The molecule has 2 atom stereocenters. The minimum atomic E-state index is -0.391. The molecule has 3 nitrogen and oxygen atoms in total. The van der Waals surface area contributed by atoms with Crippen LogP contribution in [0.1, 0.15) is 25.5 Å². The molecule has 1 heterocycles. The van der Waals surface area contributed by atoms with Gasteiger partial charge in [-0.25, -0.2) is 0 Å². The van der Waals surface area contributed by atoms with E-state index >= 15 is 0 Å². The summed E-state index contributed by atoms with van der Waals surface area (Å²) in [5, 5.41) is 9.43. The standard InChI is InChI=1S/C13H19NO2/c1-10-9-14(7-8-16-10)13-5-3-12(4-6-13)11(2)15/h3-6,10-11,15H,7-9H2,1-2H3/t10?,11-/m1/s1. The SMILES string of the molecule is CC1CN(c2ccc([C@@H](C)O)cc2)CCO1. The second kappa shape index (κ2) is 4.85. The van der Waals surface area contributed by atoms with Gasteiger partial charge in [0.15, 0.2) is 0 Å². The van der Waals surface area contributed by atoms with Gasteiger partial charge in [-0.2, -0.15) is 0 Å². The van der Waals surface area contributed by atoms with Crippen molar-refractivity contribution in [3.63, 3.8) is 0 Å². The van der Waals surface area contributed by atoms with Gasteiger partial charge in [0, 0.05) is 18.8 Å². The number of benzene rings is 1. The summed E-state index contributed by atoms with van der Waals surface area (Å²) in [5.74, 6) is 0. The van der Waals surface area contributed by atoms with Gasteiger partial charge >= 0.3 is 0 Å². The van der Waals surface area contributed by atoms with E-state index in [4.69, 9.17) is 4.74 Å². The van der Waals surface area contributed by atoms with Gasteiger partial charge in [-0.3, -0.25) is 0 Å². The minimum Gasteiger partial charge on any atom is -0.389 e. The van der Waals surface area contributed by atoms with Crippen molar-refractivity contribution < 1.29 is 9.84 Å². The molecule has 0 aromatic heterocycles. The van der Waals surface area contributed by atoms with E-state index in [0.717, 1.165) is 25.3 Å². The lowest BCUT2D eigenvalue weighted by Gasteiger charge is -2.33. The van der Waals surface area contributed by atoms with Gasteiger partial charge in [0.1, 0.15) is 0 Å². The van der Waals surface area contributed by atoms with Gasteiger partial charge in [0.25, 0.3) is 0 Å². The molecule has 0 radical (unpaired) electrons. The van der Waals surface area contributed by atoms with E-state index in [0.29, 0.717) is 6.10 Å². The third-order valence-corrected chi connectivity index (χ3v) is 2.98. The number of hydrogen-bond donors (Lipinski definition) is 1. The number of rotatable bonds is 2. The number of ether oxygens (including phenoxy) is 1. The Labute approximate surface area is 96.6 Å². The number of aliphatic hydroxyl groups is 1. The van der Waals surface area contributed by atoms with Crippen LogP contribution in [0.2, 0.25) is 0 Å². The van der Waals surface area contributed by atoms with Crippen molar-refractivity contribution in [1.29, 1.82) is 0 Å². The normalized spacial score (nSPS) is 23.2. The van der Waals surface area contributed by atoms with Gasteiger partial charge in [-0.05, 0) is 31.5 Å². The van der Waals surface area contributed by atoms with Gasteiger partial charge in [0.2, 0.25) is 0 Å². The van der Waals surface area contributed by atoms with E-state index in [2.05, 4.69) is 24.0 Å². The van der Waals surface area contributed by atoms with E-state index in [1.54, 1.807) is 6.92 Å². The zero-order valence-electron chi connectivity index (χ0n) is 9.89. The number of morpholine rings is 1. The van der Waals surface area contributed by atoms with Gasteiger partial charge in [0.05, 0.1) is 18.8 Å². The summed E-state index contributed by atoms with van der Waals surface area (Å²) in [7, 11) is 0.